The van der Waals surface area contributed by atoms with Gasteiger partial charge in [0, 0.05) is 6.61 Å². The van der Waals surface area contributed by atoms with Crippen LogP contribution in [0.1, 0.15) is 70.4 Å². The van der Waals surface area contributed by atoms with E-state index in [1.807, 2.05) is 13.8 Å². The largest absolute Gasteiger partial charge is 0.373 e. The van der Waals surface area contributed by atoms with E-state index in [0.29, 0.717) is 5.92 Å². The Hall–Kier alpha value is -2.19. The Kier molecular flexibility index (Phi) is 6.21. The molecule has 0 aliphatic carbocycles. The fourth-order valence-electron chi connectivity index (χ4n) is 5.25. The van der Waals surface area contributed by atoms with Crippen LogP contribution in [0.15, 0.2) is 30.3 Å². The molecule has 2 heteroatoms. The zero-order chi connectivity index (χ0) is 22.3. The standard InChI is InChI=1S/C29H35FO/c1-17-7-10-28(31-16-17)24-13-20(4)29-22(6)26(19(3)12-25(29)15-24)9-8-23-11-18(2)21(5)27(30)14-23/h11-15,17,28H,7-10,16H2,1-6H3. The van der Waals surface area contributed by atoms with Crippen LogP contribution in [0.4, 0.5) is 4.39 Å². The maximum Gasteiger partial charge on any atom is 0.126 e. The van der Waals surface area contributed by atoms with Gasteiger partial charge < -0.3 is 4.74 Å². The van der Waals surface area contributed by atoms with E-state index in [9.17, 15) is 4.39 Å². The van der Waals surface area contributed by atoms with Gasteiger partial charge in [0.05, 0.1) is 6.10 Å². The van der Waals surface area contributed by atoms with E-state index < -0.39 is 0 Å². The van der Waals surface area contributed by atoms with Crippen molar-refractivity contribution in [1.29, 1.82) is 0 Å². The summed E-state index contributed by atoms with van der Waals surface area (Å²) in [6.45, 7) is 13.6. The van der Waals surface area contributed by atoms with Crippen molar-refractivity contribution in [2.24, 2.45) is 5.92 Å². The lowest BCUT2D eigenvalue weighted by Gasteiger charge is -2.28. The second-order valence-electron chi connectivity index (χ2n) is 9.76. The van der Waals surface area contributed by atoms with E-state index >= 15 is 0 Å². The molecule has 0 aromatic heterocycles. The first-order chi connectivity index (χ1) is 14.7. The van der Waals surface area contributed by atoms with Crippen LogP contribution in [0, 0.1) is 46.4 Å². The van der Waals surface area contributed by atoms with Gasteiger partial charge in [-0.3, -0.25) is 0 Å². The van der Waals surface area contributed by atoms with Crippen LogP contribution in [0.5, 0.6) is 0 Å². The van der Waals surface area contributed by atoms with Crippen LogP contribution in [0.3, 0.4) is 0 Å². The lowest BCUT2D eigenvalue weighted by Crippen LogP contribution is -2.18. The molecule has 1 nitrogen and oxygen atoms in total. The SMILES string of the molecule is Cc1cc(CCc2c(C)cc3cc(C4CCC(C)CO4)cc(C)c3c2C)cc(F)c1C. The zero-order valence-corrected chi connectivity index (χ0v) is 19.9. The molecule has 0 N–H and O–H groups in total. The Morgan fingerprint density at radius 1 is 0.839 bits per heavy atom. The van der Waals surface area contributed by atoms with Crippen LogP contribution in [0.25, 0.3) is 10.8 Å². The van der Waals surface area contributed by atoms with Crippen LogP contribution in [-0.2, 0) is 17.6 Å². The topological polar surface area (TPSA) is 9.23 Å². The minimum Gasteiger partial charge on any atom is -0.373 e. The molecular weight excluding hydrogens is 383 g/mol. The molecule has 0 saturated carbocycles. The summed E-state index contributed by atoms with van der Waals surface area (Å²) in [6.07, 6.45) is 4.35. The molecule has 2 unspecified atom stereocenters. The second kappa shape index (κ2) is 8.74. The highest BCUT2D eigenvalue weighted by Crippen LogP contribution is 2.36. The van der Waals surface area contributed by atoms with Crippen molar-refractivity contribution < 1.29 is 9.13 Å². The fourth-order valence-corrected chi connectivity index (χ4v) is 5.25. The smallest absolute Gasteiger partial charge is 0.126 e. The summed E-state index contributed by atoms with van der Waals surface area (Å²) in [4.78, 5) is 0. The molecule has 0 amide bonds. The molecule has 1 aliphatic heterocycles. The molecule has 4 rings (SSSR count). The lowest BCUT2D eigenvalue weighted by molar-refractivity contribution is -0.0123. The Labute approximate surface area is 186 Å². The highest BCUT2D eigenvalue weighted by atomic mass is 19.1. The summed E-state index contributed by atoms with van der Waals surface area (Å²) in [5, 5.41) is 2.67. The van der Waals surface area contributed by atoms with E-state index in [1.54, 1.807) is 6.07 Å². The molecule has 0 radical (unpaired) electrons. The summed E-state index contributed by atoms with van der Waals surface area (Å²) in [5.74, 6) is 0.570. The summed E-state index contributed by atoms with van der Waals surface area (Å²) < 4.78 is 20.3. The minimum absolute atomic E-state index is 0.0929. The summed E-state index contributed by atoms with van der Waals surface area (Å²) in [6, 6.07) is 10.8. The van der Waals surface area contributed by atoms with Gasteiger partial charge in [0.2, 0.25) is 0 Å². The third kappa shape index (κ3) is 4.41. The van der Waals surface area contributed by atoms with Crippen molar-refractivity contribution >= 4 is 10.8 Å². The van der Waals surface area contributed by atoms with Crippen molar-refractivity contribution in [2.75, 3.05) is 6.61 Å². The second-order valence-corrected chi connectivity index (χ2v) is 9.76. The van der Waals surface area contributed by atoms with Crippen molar-refractivity contribution in [3.63, 3.8) is 0 Å². The van der Waals surface area contributed by atoms with Crippen molar-refractivity contribution in [2.45, 2.75) is 73.3 Å². The number of aryl methyl sites for hydroxylation is 5. The lowest BCUT2D eigenvalue weighted by atomic mass is 9.87. The van der Waals surface area contributed by atoms with Gasteiger partial charge in [-0.25, -0.2) is 4.39 Å². The summed E-state index contributed by atoms with van der Waals surface area (Å²) >= 11 is 0. The Balaban J connectivity index is 1.65. The molecule has 2 atom stereocenters. The van der Waals surface area contributed by atoms with Crippen LogP contribution in [0.2, 0.25) is 0 Å². The average molecular weight is 419 g/mol. The van der Waals surface area contributed by atoms with E-state index in [1.165, 1.54) is 45.0 Å². The van der Waals surface area contributed by atoms with Crippen molar-refractivity contribution in [3.8, 4) is 0 Å². The molecule has 3 aromatic rings. The van der Waals surface area contributed by atoms with E-state index in [4.69, 9.17) is 4.74 Å². The number of rotatable bonds is 4. The first-order valence-electron chi connectivity index (χ1n) is 11.6. The maximum absolute atomic E-state index is 14.2. The molecule has 3 aromatic carbocycles. The van der Waals surface area contributed by atoms with Gasteiger partial charge in [-0.1, -0.05) is 25.1 Å². The molecular formula is C29H35FO. The third-order valence-corrected chi connectivity index (χ3v) is 7.27. The normalized spacial score (nSPS) is 19.2. The number of fused-ring (bicyclic) bond motifs is 1. The molecule has 1 aliphatic rings. The van der Waals surface area contributed by atoms with E-state index in [0.717, 1.165) is 42.6 Å². The van der Waals surface area contributed by atoms with Gasteiger partial charge in [0.1, 0.15) is 5.82 Å². The van der Waals surface area contributed by atoms with Gasteiger partial charge in [-0.05, 0) is 134 Å². The quantitative estimate of drug-likeness (QED) is 0.420. The number of halogens is 1. The monoisotopic (exact) mass is 418 g/mol. The van der Waals surface area contributed by atoms with Crippen molar-refractivity contribution in [3.05, 3.63) is 80.7 Å². The van der Waals surface area contributed by atoms with Gasteiger partial charge in [-0.15, -0.1) is 0 Å². The molecule has 1 heterocycles. The first kappa shape index (κ1) is 22.0. The molecule has 0 spiro atoms. The average Bonchev–Trinajstić information content (AvgIpc) is 2.71. The van der Waals surface area contributed by atoms with E-state index in [2.05, 4.69) is 52.0 Å². The number of ether oxygens (including phenoxy) is 1. The van der Waals surface area contributed by atoms with E-state index in [-0.39, 0.29) is 11.9 Å². The van der Waals surface area contributed by atoms with Crippen LogP contribution in [-0.4, -0.2) is 6.61 Å². The fraction of sp³-hybridized carbons (Fsp3) is 0.448. The van der Waals surface area contributed by atoms with Gasteiger partial charge >= 0.3 is 0 Å². The molecule has 31 heavy (non-hydrogen) atoms. The predicted octanol–water partition coefficient (Wildman–Crippen LogP) is 7.79. The molecule has 1 saturated heterocycles. The zero-order valence-electron chi connectivity index (χ0n) is 19.9. The molecule has 164 valence electrons. The highest BCUT2D eigenvalue weighted by molar-refractivity contribution is 5.91. The first-order valence-corrected chi connectivity index (χ1v) is 11.6. The molecule has 0 bridgehead atoms. The molecule has 1 fully saturated rings. The Bertz CT molecular complexity index is 1100. The van der Waals surface area contributed by atoms with Gasteiger partial charge in [0.15, 0.2) is 0 Å². The third-order valence-electron chi connectivity index (χ3n) is 7.27. The Morgan fingerprint density at radius 3 is 2.29 bits per heavy atom. The number of hydrogen-bond acceptors (Lipinski definition) is 1. The summed E-state index contributed by atoms with van der Waals surface area (Å²) in [7, 11) is 0. The number of benzene rings is 3. The summed E-state index contributed by atoms with van der Waals surface area (Å²) in [5.41, 5.74) is 9.58. The van der Waals surface area contributed by atoms with Crippen LogP contribution >= 0.6 is 0 Å². The van der Waals surface area contributed by atoms with Crippen LogP contribution < -0.4 is 0 Å². The van der Waals surface area contributed by atoms with Gasteiger partial charge in [0.25, 0.3) is 0 Å². The minimum atomic E-state index is -0.0929. The number of hydrogen-bond donors (Lipinski definition) is 0. The Morgan fingerprint density at radius 2 is 1.61 bits per heavy atom. The predicted molar refractivity (Wildman–Crippen MR) is 129 cm³/mol. The highest BCUT2D eigenvalue weighted by Gasteiger charge is 2.21. The van der Waals surface area contributed by atoms with Gasteiger partial charge in [-0.2, -0.15) is 0 Å². The van der Waals surface area contributed by atoms with Crippen molar-refractivity contribution in [1.82, 2.24) is 0 Å². The maximum atomic E-state index is 14.2.